The molecular weight excluding hydrogens is 276 g/mol. The van der Waals surface area contributed by atoms with E-state index in [0.717, 1.165) is 19.6 Å². The number of benzene rings is 1. The average molecular weight is 299 g/mol. The molecule has 0 saturated heterocycles. The molecule has 0 aliphatic heterocycles. The molecule has 0 saturated carbocycles. The highest BCUT2D eigenvalue weighted by Gasteiger charge is 2.02. The Bertz CT molecular complexity index is 350. The van der Waals surface area contributed by atoms with Crippen LogP contribution < -0.4 is 5.32 Å². The molecule has 1 rings (SSSR count). The predicted molar refractivity (Wildman–Crippen MR) is 78.4 cm³/mol. The van der Waals surface area contributed by atoms with Gasteiger partial charge in [0, 0.05) is 30.1 Å². The zero-order chi connectivity index (χ0) is 12.8. The molecule has 0 unspecified atom stereocenters. The monoisotopic (exact) mass is 298 g/mol. The van der Waals surface area contributed by atoms with E-state index in [1.165, 1.54) is 15.6 Å². The summed E-state index contributed by atoms with van der Waals surface area (Å²) in [6, 6.07) is 7.14. The van der Waals surface area contributed by atoms with E-state index >= 15 is 0 Å². The van der Waals surface area contributed by atoms with E-state index in [4.69, 9.17) is 0 Å². The minimum atomic E-state index is 0.567. The Morgan fingerprint density at radius 3 is 2.65 bits per heavy atom. The third kappa shape index (κ3) is 5.66. The molecule has 0 radical (unpaired) electrons. The van der Waals surface area contributed by atoms with Crippen molar-refractivity contribution in [1.29, 1.82) is 0 Å². The van der Waals surface area contributed by atoms with E-state index < -0.39 is 0 Å². The quantitative estimate of drug-likeness (QED) is 0.868. The van der Waals surface area contributed by atoms with Gasteiger partial charge in [-0.3, -0.25) is 0 Å². The maximum atomic E-state index is 3.58. The van der Waals surface area contributed by atoms with Crippen LogP contribution in [0.2, 0.25) is 0 Å². The number of aryl methyl sites for hydroxylation is 1. The molecule has 0 aliphatic rings. The Morgan fingerprint density at radius 1 is 1.35 bits per heavy atom. The van der Waals surface area contributed by atoms with Crippen molar-refractivity contribution >= 4 is 15.9 Å². The molecule has 96 valence electrons. The van der Waals surface area contributed by atoms with Crippen molar-refractivity contribution in [3.05, 3.63) is 33.8 Å². The number of nitrogens with zero attached hydrogens (tertiary/aromatic N) is 1. The van der Waals surface area contributed by atoms with Crippen molar-refractivity contribution < 1.29 is 0 Å². The SMILES string of the molecule is Cc1ccc(CN(C)CCNC(C)C)cc1Br. The lowest BCUT2D eigenvalue weighted by molar-refractivity contribution is 0.320. The number of likely N-dealkylation sites (N-methyl/N-ethyl adjacent to an activating group) is 1. The van der Waals surface area contributed by atoms with Gasteiger partial charge in [-0.25, -0.2) is 0 Å². The van der Waals surface area contributed by atoms with Gasteiger partial charge in [-0.2, -0.15) is 0 Å². The van der Waals surface area contributed by atoms with E-state index in [1.807, 2.05) is 0 Å². The van der Waals surface area contributed by atoms with Crippen LogP contribution in [0.15, 0.2) is 22.7 Å². The van der Waals surface area contributed by atoms with Crippen LogP contribution in [0, 0.1) is 6.92 Å². The third-order valence-electron chi connectivity index (χ3n) is 2.73. The lowest BCUT2D eigenvalue weighted by Crippen LogP contribution is -2.32. The normalized spacial score (nSPS) is 11.5. The van der Waals surface area contributed by atoms with Gasteiger partial charge in [0.15, 0.2) is 0 Å². The van der Waals surface area contributed by atoms with Crippen LogP contribution in [0.1, 0.15) is 25.0 Å². The molecule has 3 heteroatoms. The molecule has 0 aliphatic carbocycles. The third-order valence-corrected chi connectivity index (χ3v) is 3.59. The second-order valence-corrected chi connectivity index (χ2v) is 5.78. The van der Waals surface area contributed by atoms with Gasteiger partial charge in [0.25, 0.3) is 0 Å². The van der Waals surface area contributed by atoms with Crippen molar-refractivity contribution in [2.45, 2.75) is 33.4 Å². The molecule has 0 amide bonds. The van der Waals surface area contributed by atoms with Crippen molar-refractivity contribution in [2.75, 3.05) is 20.1 Å². The first kappa shape index (κ1) is 14.7. The molecule has 1 aromatic carbocycles. The molecule has 0 fully saturated rings. The first-order valence-corrected chi connectivity index (χ1v) is 6.95. The van der Waals surface area contributed by atoms with Crippen LogP contribution >= 0.6 is 15.9 Å². The van der Waals surface area contributed by atoms with Crippen molar-refractivity contribution in [2.24, 2.45) is 0 Å². The van der Waals surface area contributed by atoms with Crippen molar-refractivity contribution in [1.82, 2.24) is 10.2 Å². The summed E-state index contributed by atoms with van der Waals surface area (Å²) in [6.45, 7) is 9.59. The number of halogens is 1. The molecule has 1 aromatic rings. The standard InChI is InChI=1S/C14H23BrN2/c1-11(2)16-7-8-17(4)10-13-6-5-12(3)14(15)9-13/h5-6,9,11,16H,7-8,10H2,1-4H3. The summed E-state index contributed by atoms with van der Waals surface area (Å²) in [6.07, 6.45) is 0. The van der Waals surface area contributed by atoms with E-state index in [1.54, 1.807) is 0 Å². The Balaban J connectivity index is 2.39. The molecule has 1 N–H and O–H groups in total. The fraction of sp³-hybridized carbons (Fsp3) is 0.571. The van der Waals surface area contributed by atoms with Gasteiger partial charge in [0.05, 0.1) is 0 Å². The zero-order valence-corrected chi connectivity index (χ0v) is 12.8. The van der Waals surface area contributed by atoms with Gasteiger partial charge in [-0.1, -0.05) is 41.9 Å². The first-order valence-electron chi connectivity index (χ1n) is 6.16. The topological polar surface area (TPSA) is 15.3 Å². The molecule has 0 heterocycles. The van der Waals surface area contributed by atoms with Gasteiger partial charge in [0.2, 0.25) is 0 Å². The van der Waals surface area contributed by atoms with Gasteiger partial charge >= 0.3 is 0 Å². The summed E-state index contributed by atoms with van der Waals surface area (Å²) in [5, 5.41) is 3.43. The van der Waals surface area contributed by atoms with Gasteiger partial charge in [0.1, 0.15) is 0 Å². The fourth-order valence-electron chi connectivity index (χ4n) is 1.67. The van der Waals surface area contributed by atoms with Crippen LogP contribution in [0.25, 0.3) is 0 Å². The zero-order valence-electron chi connectivity index (χ0n) is 11.3. The van der Waals surface area contributed by atoms with Crippen molar-refractivity contribution in [3.63, 3.8) is 0 Å². The van der Waals surface area contributed by atoms with E-state index in [2.05, 4.69) is 72.2 Å². The molecule has 2 nitrogen and oxygen atoms in total. The van der Waals surface area contributed by atoms with E-state index in [0.29, 0.717) is 6.04 Å². The van der Waals surface area contributed by atoms with Crippen LogP contribution in [-0.2, 0) is 6.54 Å². The van der Waals surface area contributed by atoms with Gasteiger partial charge < -0.3 is 10.2 Å². The summed E-state index contributed by atoms with van der Waals surface area (Å²) < 4.78 is 1.20. The minimum absolute atomic E-state index is 0.567. The fourth-order valence-corrected chi connectivity index (χ4v) is 2.10. The second-order valence-electron chi connectivity index (χ2n) is 4.93. The van der Waals surface area contributed by atoms with Gasteiger partial charge in [-0.15, -0.1) is 0 Å². The summed E-state index contributed by atoms with van der Waals surface area (Å²) in [5.41, 5.74) is 2.65. The minimum Gasteiger partial charge on any atom is -0.313 e. The lowest BCUT2D eigenvalue weighted by Gasteiger charge is -2.18. The number of rotatable bonds is 6. The summed E-state index contributed by atoms with van der Waals surface area (Å²) >= 11 is 3.58. The Morgan fingerprint density at radius 2 is 2.06 bits per heavy atom. The second kappa shape index (κ2) is 7.14. The smallest absolute Gasteiger partial charge is 0.0231 e. The Kier molecular flexibility index (Phi) is 6.17. The Hall–Kier alpha value is -0.380. The van der Waals surface area contributed by atoms with Gasteiger partial charge in [-0.05, 0) is 31.2 Å². The summed E-state index contributed by atoms with van der Waals surface area (Å²) in [5.74, 6) is 0. The Labute approximate surface area is 114 Å². The lowest BCUT2D eigenvalue weighted by atomic mass is 10.1. The predicted octanol–water partition coefficient (Wildman–Crippen LogP) is 3.19. The average Bonchev–Trinajstić information content (AvgIpc) is 2.23. The first-order chi connectivity index (χ1) is 7.99. The number of hydrogen-bond donors (Lipinski definition) is 1. The molecule has 0 spiro atoms. The highest BCUT2D eigenvalue weighted by molar-refractivity contribution is 9.10. The van der Waals surface area contributed by atoms with E-state index in [-0.39, 0.29) is 0 Å². The van der Waals surface area contributed by atoms with Crippen LogP contribution in [0.4, 0.5) is 0 Å². The maximum Gasteiger partial charge on any atom is 0.0231 e. The number of nitrogens with one attached hydrogen (secondary N) is 1. The molecule has 0 atom stereocenters. The van der Waals surface area contributed by atoms with Crippen LogP contribution in [-0.4, -0.2) is 31.1 Å². The van der Waals surface area contributed by atoms with E-state index in [9.17, 15) is 0 Å². The largest absolute Gasteiger partial charge is 0.313 e. The number of hydrogen-bond acceptors (Lipinski definition) is 2. The molecule has 0 aromatic heterocycles. The highest BCUT2D eigenvalue weighted by atomic mass is 79.9. The molecule has 0 bridgehead atoms. The van der Waals surface area contributed by atoms with Crippen LogP contribution in [0.3, 0.4) is 0 Å². The summed E-state index contributed by atoms with van der Waals surface area (Å²) in [4.78, 5) is 2.34. The summed E-state index contributed by atoms with van der Waals surface area (Å²) in [7, 11) is 2.16. The molecule has 17 heavy (non-hydrogen) atoms. The van der Waals surface area contributed by atoms with Crippen LogP contribution in [0.5, 0.6) is 0 Å². The maximum absolute atomic E-state index is 3.58. The van der Waals surface area contributed by atoms with Crippen molar-refractivity contribution in [3.8, 4) is 0 Å². The molecular formula is C14H23BrN2. The highest BCUT2D eigenvalue weighted by Crippen LogP contribution is 2.18.